The lowest BCUT2D eigenvalue weighted by atomic mass is 9.84. The highest BCUT2D eigenvalue weighted by molar-refractivity contribution is 5.69. The van der Waals surface area contributed by atoms with Gasteiger partial charge < -0.3 is 10.4 Å². The van der Waals surface area contributed by atoms with Gasteiger partial charge >= 0.3 is 5.97 Å². The Kier molecular flexibility index (Phi) is 5.91. The third-order valence-electron chi connectivity index (χ3n) is 6.23. The fourth-order valence-electron chi connectivity index (χ4n) is 4.36. The second kappa shape index (κ2) is 8.41. The molecule has 4 N–H and O–H groups in total. The van der Waals surface area contributed by atoms with Crippen LogP contribution in [0.2, 0.25) is 0 Å². The molecule has 1 aromatic carbocycles. The van der Waals surface area contributed by atoms with Crippen LogP contribution in [0, 0.1) is 23.5 Å². The summed E-state index contributed by atoms with van der Waals surface area (Å²) in [6, 6.07) is 4.18. The highest BCUT2D eigenvalue weighted by atomic mass is 19.1. The average molecular weight is 394 g/mol. The molecule has 1 aliphatic heterocycles. The van der Waals surface area contributed by atoms with E-state index in [0.29, 0.717) is 31.1 Å². The van der Waals surface area contributed by atoms with Crippen LogP contribution in [0.3, 0.4) is 0 Å². The van der Waals surface area contributed by atoms with Gasteiger partial charge in [-0.25, -0.2) is 14.2 Å². The Morgan fingerprint density at radius 2 is 1.96 bits per heavy atom. The van der Waals surface area contributed by atoms with Gasteiger partial charge in [0, 0.05) is 43.2 Å². The lowest BCUT2D eigenvalue weighted by Gasteiger charge is -2.43. The highest BCUT2D eigenvalue weighted by Gasteiger charge is 2.38. The molecule has 0 radical (unpaired) electrons. The number of nitrogens with one attached hydrogen (secondary N) is 3. The van der Waals surface area contributed by atoms with Crippen LogP contribution in [0.4, 0.5) is 8.78 Å². The molecule has 28 heavy (non-hydrogen) atoms. The molecule has 0 spiro atoms. The summed E-state index contributed by atoms with van der Waals surface area (Å²) >= 11 is 0. The number of hydrogen-bond acceptors (Lipinski definition) is 5. The maximum atomic E-state index is 14.1. The molecule has 0 amide bonds. The normalized spacial score (nSPS) is 29.8. The molecule has 154 valence electrons. The van der Waals surface area contributed by atoms with Crippen molar-refractivity contribution < 1.29 is 18.7 Å². The van der Waals surface area contributed by atoms with Crippen LogP contribution in [-0.4, -0.2) is 54.2 Å². The van der Waals surface area contributed by atoms with E-state index in [2.05, 4.69) is 21.1 Å². The van der Waals surface area contributed by atoms with E-state index < -0.39 is 23.6 Å². The van der Waals surface area contributed by atoms with Crippen molar-refractivity contribution in [3.8, 4) is 0 Å². The Morgan fingerprint density at radius 3 is 2.61 bits per heavy atom. The molecule has 2 atom stereocenters. The fourth-order valence-corrected chi connectivity index (χ4v) is 4.36. The van der Waals surface area contributed by atoms with Crippen LogP contribution in [0.5, 0.6) is 0 Å². The molecule has 1 saturated heterocycles. The van der Waals surface area contributed by atoms with E-state index in [1.54, 1.807) is 0 Å². The Bertz CT molecular complexity index is 689. The van der Waals surface area contributed by atoms with Crippen molar-refractivity contribution in [2.75, 3.05) is 26.2 Å². The smallest absolute Gasteiger partial charge is 0.317 e. The van der Waals surface area contributed by atoms with Gasteiger partial charge in [0.15, 0.2) is 0 Å². The lowest BCUT2D eigenvalue weighted by molar-refractivity contribution is -0.139. The van der Waals surface area contributed by atoms with Gasteiger partial charge in [0.2, 0.25) is 0 Å². The number of hydrogen-bond donors (Lipinski definition) is 4. The summed E-state index contributed by atoms with van der Waals surface area (Å²) in [6.45, 7) is 2.28. The van der Waals surface area contributed by atoms with E-state index in [9.17, 15) is 13.6 Å². The minimum Gasteiger partial charge on any atom is -0.480 e. The van der Waals surface area contributed by atoms with Gasteiger partial charge in [-0.1, -0.05) is 6.07 Å². The summed E-state index contributed by atoms with van der Waals surface area (Å²) in [4.78, 5) is 13.2. The molecule has 2 saturated carbocycles. The SMILES string of the molecule is O=C(O)CN(CC1CC1)C1CC(NCC2CNNC2c2c(F)cccc2F)C1. The zero-order valence-corrected chi connectivity index (χ0v) is 15.8. The van der Waals surface area contributed by atoms with Crippen molar-refractivity contribution in [3.05, 3.63) is 35.4 Å². The van der Waals surface area contributed by atoms with Gasteiger partial charge in [-0.2, -0.15) is 0 Å². The number of carbonyl (C=O) groups is 1. The number of nitrogens with zero attached hydrogens (tertiary/aromatic N) is 1. The second-order valence-electron chi connectivity index (χ2n) is 8.40. The molecular weight excluding hydrogens is 366 g/mol. The van der Waals surface area contributed by atoms with Crippen LogP contribution in [0.25, 0.3) is 0 Å². The Balaban J connectivity index is 1.27. The standard InChI is InChI=1S/C20H28F2N4O2/c21-16-2-1-3-17(22)19(16)20-13(9-24-25-20)8-23-14-6-15(7-14)26(11-18(27)28)10-12-4-5-12/h1-3,12-15,20,23-25H,4-11H2,(H,27,28). The minimum absolute atomic E-state index is 0.0343. The number of benzene rings is 1. The zero-order chi connectivity index (χ0) is 19.7. The van der Waals surface area contributed by atoms with Crippen molar-refractivity contribution in [1.29, 1.82) is 0 Å². The molecule has 1 heterocycles. The average Bonchev–Trinajstić information content (AvgIpc) is 3.29. The van der Waals surface area contributed by atoms with Gasteiger partial charge in [-0.15, -0.1) is 0 Å². The molecule has 8 heteroatoms. The summed E-state index contributed by atoms with van der Waals surface area (Å²) in [6.07, 6.45) is 4.26. The summed E-state index contributed by atoms with van der Waals surface area (Å²) in [5.41, 5.74) is 6.10. The first-order chi connectivity index (χ1) is 13.5. The van der Waals surface area contributed by atoms with Crippen molar-refractivity contribution in [3.63, 3.8) is 0 Å². The summed E-state index contributed by atoms with van der Waals surface area (Å²) in [5.74, 6) is -1.13. The predicted octanol–water partition coefficient (Wildman–Crippen LogP) is 1.65. The molecule has 0 aromatic heterocycles. The second-order valence-corrected chi connectivity index (χ2v) is 8.40. The molecule has 4 rings (SSSR count). The largest absolute Gasteiger partial charge is 0.480 e. The number of carboxylic acid groups (broad SMARTS) is 1. The third kappa shape index (κ3) is 4.51. The number of aliphatic carboxylic acids is 1. The zero-order valence-electron chi connectivity index (χ0n) is 15.8. The molecule has 2 aliphatic carbocycles. The number of halogens is 2. The van der Waals surface area contributed by atoms with E-state index >= 15 is 0 Å². The first-order valence-electron chi connectivity index (χ1n) is 10.1. The van der Waals surface area contributed by atoms with Crippen LogP contribution >= 0.6 is 0 Å². The summed E-state index contributed by atoms with van der Waals surface area (Å²) in [5, 5.41) is 12.7. The van der Waals surface area contributed by atoms with Gasteiger partial charge in [0.05, 0.1) is 12.6 Å². The lowest BCUT2D eigenvalue weighted by Crippen LogP contribution is -2.55. The third-order valence-corrected chi connectivity index (χ3v) is 6.23. The molecule has 0 bridgehead atoms. The number of carboxylic acids is 1. The van der Waals surface area contributed by atoms with E-state index in [1.165, 1.54) is 31.0 Å². The van der Waals surface area contributed by atoms with E-state index in [-0.39, 0.29) is 18.0 Å². The first kappa shape index (κ1) is 19.7. The molecule has 1 aromatic rings. The maximum absolute atomic E-state index is 14.1. The molecular formula is C20H28F2N4O2. The van der Waals surface area contributed by atoms with Gasteiger partial charge in [0.25, 0.3) is 0 Å². The van der Waals surface area contributed by atoms with E-state index in [0.717, 1.165) is 19.4 Å². The van der Waals surface area contributed by atoms with Crippen LogP contribution in [0.15, 0.2) is 18.2 Å². The fraction of sp³-hybridized carbons (Fsp3) is 0.650. The predicted molar refractivity (Wildman–Crippen MR) is 100 cm³/mol. The summed E-state index contributed by atoms with van der Waals surface area (Å²) in [7, 11) is 0. The van der Waals surface area contributed by atoms with Crippen LogP contribution < -0.4 is 16.2 Å². The van der Waals surface area contributed by atoms with Crippen LogP contribution in [0.1, 0.15) is 37.3 Å². The Hall–Kier alpha value is -1.61. The van der Waals surface area contributed by atoms with Gasteiger partial charge in [-0.3, -0.25) is 15.1 Å². The van der Waals surface area contributed by atoms with Gasteiger partial charge in [-0.05, 0) is 43.7 Å². The number of rotatable bonds is 9. The van der Waals surface area contributed by atoms with Crippen molar-refractivity contribution in [1.82, 2.24) is 21.1 Å². The van der Waals surface area contributed by atoms with E-state index in [1.807, 2.05) is 0 Å². The van der Waals surface area contributed by atoms with Crippen molar-refractivity contribution in [2.24, 2.45) is 11.8 Å². The van der Waals surface area contributed by atoms with Crippen molar-refractivity contribution in [2.45, 2.75) is 43.8 Å². The van der Waals surface area contributed by atoms with Crippen LogP contribution in [-0.2, 0) is 4.79 Å². The van der Waals surface area contributed by atoms with Gasteiger partial charge in [0.1, 0.15) is 11.6 Å². The maximum Gasteiger partial charge on any atom is 0.317 e. The highest BCUT2D eigenvalue weighted by Crippen LogP contribution is 2.34. The molecule has 3 fully saturated rings. The monoisotopic (exact) mass is 394 g/mol. The Labute approximate surface area is 163 Å². The molecule has 6 nitrogen and oxygen atoms in total. The number of hydrazine groups is 1. The van der Waals surface area contributed by atoms with Crippen molar-refractivity contribution >= 4 is 5.97 Å². The topological polar surface area (TPSA) is 76.6 Å². The Morgan fingerprint density at radius 1 is 1.25 bits per heavy atom. The summed E-state index contributed by atoms with van der Waals surface area (Å²) < 4.78 is 28.2. The minimum atomic E-state index is -0.769. The molecule has 2 unspecified atom stereocenters. The van der Waals surface area contributed by atoms with E-state index in [4.69, 9.17) is 5.11 Å². The molecule has 3 aliphatic rings. The quantitative estimate of drug-likeness (QED) is 0.510. The first-order valence-corrected chi connectivity index (χ1v) is 10.1.